The summed E-state index contributed by atoms with van der Waals surface area (Å²) < 4.78 is 26.8. The number of benzene rings is 1. The highest BCUT2D eigenvalue weighted by Crippen LogP contribution is 2.33. The maximum absolute atomic E-state index is 12.5. The molecule has 0 bridgehead atoms. The second kappa shape index (κ2) is 8.04. The first-order valence-electron chi connectivity index (χ1n) is 7.78. The maximum atomic E-state index is 12.5. The summed E-state index contributed by atoms with van der Waals surface area (Å²) in [6.45, 7) is 0.598. The van der Waals surface area contributed by atoms with E-state index in [1.54, 1.807) is 17.5 Å². The fraction of sp³-hybridized carbons (Fsp3) is 0.312. The summed E-state index contributed by atoms with van der Waals surface area (Å²) >= 11 is 19.1. The van der Waals surface area contributed by atoms with Gasteiger partial charge >= 0.3 is 0 Å². The molecular formula is C16H15Cl3N2O3S2. The molecule has 26 heavy (non-hydrogen) atoms. The third-order valence-corrected chi connectivity index (χ3v) is 8.49. The molecule has 1 aliphatic rings. The molecule has 1 saturated heterocycles. The van der Waals surface area contributed by atoms with Crippen molar-refractivity contribution in [1.29, 1.82) is 0 Å². The Morgan fingerprint density at radius 1 is 1.12 bits per heavy atom. The van der Waals surface area contributed by atoms with Gasteiger partial charge in [0, 0.05) is 19.0 Å². The molecule has 0 atom stereocenters. The standard InChI is InChI=1S/C16H15Cl3N2O3S2/c17-11-8-13(19)14(9-12(11)18)20-16(22)10-3-5-21(6-4-10)26(23,24)15-2-1-7-25-15/h1-2,7-10H,3-6H2,(H,20,22). The fourth-order valence-electron chi connectivity index (χ4n) is 2.75. The van der Waals surface area contributed by atoms with Gasteiger partial charge in [-0.3, -0.25) is 4.79 Å². The van der Waals surface area contributed by atoms with Crippen LogP contribution in [0.4, 0.5) is 5.69 Å². The van der Waals surface area contributed by atoms with E-state index in [-0.39, 0.29) is 11.8 Å². The highest BCUT2D eigenvalue weighted by Gasteiger charge is 2.32. The van der Waals surface area contributed by atoms with Crippen molar-refractivity contribution >= 4 is 67.8 Å². The first-order chi connectivity index (χ1) is 12.3. The normalized spacial score (nSPS) is 16.6. The minimum absolute atomic E-state index is 0.210. The number of anilines is 1. The zero-order valence-corrected chi connectivity index (χ0v) is 17.3. The molecule has 1 aromatic heterocycles. The van der Waals surface area contributed by atoms with Crippen LogP contribution in [-0.4, -0.2) is 31.7 Å². The average Bonchev–Trinajstić information content (AvgIpc) is 3.15. The van der Waals surface area contributed by atoms with Crippen LogP contribution in [0, 0.1) is 5.92 Å². The highest BCUT2D eigenvalue weighted by molar-refractivity contribution is 7.91. The van der Waals surface area contributed by atoms with E-state index in [2.05, 4.69) is 5.32 Å². The van der Waals surface area contributed by atoms with Crippen LogP contribution < -0.4 is 5.32 Å². The first-order valence-corrected chi connectivity index (χ1v) is 11.2. The Kier molecular flexibility index (Phi) is 6.16. The lowest BCUT2D eigenvalue weighted by Gasteiger charge is -2.30. The Labute approximate surface area is 170 Å². The van der Waals surface area contributed by atoms with Crippen molar-refractivity contribution in [2.75, 3.05) is 18.4 Å². The number of amides is 1. The Balaban J connectivity index is 1.63. The summed E-state index contributed by atoms with van der Waals surface area (Å²) in [7, 11) is -3.48. The molecule has 1 fully saturated rings. The van der Waals surface area contributed by atoms with E-state index in [4.69, 9.17) is 34.8 Å². The summed E-state index contributed by atoms with van der Waals surface area (Å²) in [5.74, 6) is -0.506. The SMILES string of the molecule is O=C(Nc1cc(Cl)c(Cl)cc1Cl)C1CCN(S(=O)(=O)c2cccs2)CC1. The third kappa shape index (κ3) is 4.18. The molecule has 0 unspecified atom stereocenters. The van der Waals surface area contributed by atoms with Crippen molar-refractivity contribution in [3.8, 4) is 0 Å². The molecule has 1 amide bonds. The highest BCUT2D eigenvalue weighted by atomic mass is 35.5. The van der Waals surface area contributed by atoms with Gasteiger partial charge in [-0.15, -0.1) is 11.3 Å². The van der Waals surface area contributed by atoms with Gasteiger partial charge in [-0.1, -0.05) is 40.9 Å². The van der Waals surface area contributed by atoms with Crippen LogP contribution in [-0.2, 0) is 14.8 Å². The van der Waals surface area contributed by atoms with Gasteiger partial charge in [-0.05, 0) is 36.4 Å². The number of hydrogen-bond acceptors (Lipinski definition) is 4. The van der Waals surface area contributed by atoms with Gasteiger partial charge in [0.2, 0.25) is 5.91 Å². The Hall–Kier alpha value is -0.830. The minimum atomic E-state index is -3.48. The zero-order valence-electron chi connectivity index (χ0n) is 13.4. The van der Waals surface area contributed by atoms with Crippen molar-refractivity contribution in [2.45, 2.75) is 17.1 Å². The Bertz CT molecular complexity index is 909. The number of carbonyl (C=O) groups excluding carboxylic acids is 1. The Morgan fingerprint density at radius 3 is 2.38 bits per heavy atom. The fourth-order valence-corrected chi connectivity index (χ4v) is 5.96. The molecule has 1 aliphatic heterocycles. The number of nitrogens with one attached hydrogen (secondary N) is 1. The Morgan fingerprint density at radius 2 is 1.77 bits per heavy atom. The van der Waals surface area contributed by atoms with E-state index in [9.17, 15) is 13.2 Å². The van der Waals surface area contributed by atoms with Crippen LogP contribution in [0.3, 0.4) is 0 Å². The minimum Gasteiger partial charge on any atom is -0.324 e. The average molecular weight is 454 g/mol. The number of nitrogens with zero attached hydrogens (tertiary/aromatic N) is 1. The zero-order chi connectivity index (χ0) is 18.9. The largest absolute Gasteiger partial charge is 0.324 e. The van der Waals surface area contributed by atoms with Crippen LogP contribution in [0.15, 0.2) is 33.9 Å². The lowest BCUT2D eigenvalue weighted by Crippen LogP contribution is -2.41. The van der Waals surface area contributed by atoms with Gasteiger partial charge in [0.05, 0.1) is 20.8 Å². The van der Waals surface area contributed by atoms with Crippen molar-refractivity contribution in [3.63, 3.8) is 0 Å². The molecule has 0 saturated carbocycles. The second-order valence-corrected chi connectivity index (χ2v) is 10.2. The molecule has 1 aromatic carbocycles. The third-order valence-electron chi connectivity index (χ3n) is 4.18. The molecule has 0 aliphatic carbocycles. The van der Waals surface area contributed by atoms with Crippen molar-refractivity contribution < 1.29 is 13.2 Å². The molecule has 0 spiro atoms. The smallest absolute Gasteiger partial charge is 0.252 e. The maximum Gasteiger partial charge on any atom is 0.252 e. The molecule has 3 rings (SSSR count). The number of halogens is 3. The molecule has 1 N–H and O–H groups in total. The van der Waals surface area contributed by atoms with Gasteiger partial charge in [-0.25, -0.2) is 8.42 Å². The summed E-state index contributed by atoms with van der Waals surface area (Å²) in [6.07, 6.45) is 0.880. The predicted molar refractivity (Wildman–Crippen MR) is 106 cm³/mol. The molecule has 10 heteroatoms. The quantitative estimate of drug-likeness (QED) is 0.679. The van der Waals surface area contributed by atoms with Crippen LogP contribution in [0.5, 0.6) is 0 Å². The van der Waals surface area contributed by atoms with Crippen molar-refractivity contribution in [3.05, 3.63) is 44.7 Å². The molecular weight excluding hydrogens is 439 g/mol. The summed E-state index contributed by atoms with van der Waals surface area (Å²) in [5.41, 5.74) is 0.389. The second-order valence-electron chi connectivity index (χ2n) is 5.85. The van der Waals surface area contributed by atoms with Gasteiger partial charge < -0.3 is 5.32 Å². The van der Waals surface area contributed by atoms with E-state index in [1.165, 1.54) is 27.8 Å². The number of carbonyl (C=O) groups is 1. The molecule has 2 heterocycles. The van der Waals surface area contributed by atoms with Gasteiger partial charge in [0.15, 0.2) is 0 Å². The number of piperidine rings is 1. The van der Waals surface area contributed by atoms with E-state index in [1.807, 2.05) is 0 Å². The number of hydrogen-bond donors (Lipinski definition) is 1. The summed E-state index contributed by atoms with van der Waals surface area (Å²) in [6, 6.07) is 6.27. The number of rotatable bonds is 4. The summed E-state index contributed by atoms with van der Waals surface area (Å²) in [5, 5.41) is 5.38. The van der Waals surface area contributed by atoms with Crippen molar-refractivity contribution in [1.82, 2.24) is 4.31 Å². The van der Waals surface area contributed by atoms with Crippen LogP contribution in [0.2, 0.25) is 15.1 Å². The molecule has 5 nitrogen and oxygen atoms in total. The lowest BCUT2D eigenvalue weighted by atomic mass is 9.97. The van der Waals surface area contributed by atoms with Crippen LogP contribution in [0.1, 0.15) is 12.8 Å². The topological polar surface area (TPSA) is 66.5 Å². The van der Waals surface area contributed by atoms with Gasteiger partial charge in [0.1, 0.15) is 4.21 Å². The van der Waals surface area contributed by atoms with E-state index >= 15 is 0 Å². The van der Waals surface area contributed by atoms with Gasteiger partial charge in [0.25, 0.3) is 10.0 Å². The van der Waals surface area contributed by atoms with E-state index in [0.29, 0.717) is 50.9 Å². The summed E-state index contributed by atoms with van der Waals surface area (Å²) in [4.78, 5) is 12.5. The monoisotopic (exact) mass is 452 g/mol. The first kappa shape index (κ1) is 19.9. The number of sulfonamides is 1. The van der Waals surface area contributed by atoms with E-state index in [0.717, 1.165) is 0 Å². The molecule has 2 aromatic rings. The van der Waals surface area contributed by atoms with Gasteiger partial charge in [-0.2, -0.15) is 4.31 Å². The van der Waals surface area contributed by atoms with Crippen LogP contribution in [0.25, 0.3) is 0 Å². The van der Waals surface area contributed by atoms with Crippen molar-refractivity contribution in [2.24, 2.45) is 5.92 Å². The lowest BCUT2D eigenvalue weighted by molar-refractivity contribution is -0.120. The van der Waals surface area contributed by atoms with Crippen LogP contribution >= 0.6 is 46.1 Å². The molecule has 0 radical (unpaired) electrons. The predicted octanol–water partition coefficient (Wildman–Crippen LogP) is 4.75. The number of thiophene rings is 1. The van der Waals surface area contributed by atoms with E-state index < -0.39 is 10.0 Å². The molecule has 140 valence electrons.